The van der Waals surface area contributed by atoms with Gasteiger partial charge in [0.05, 0.1) is 13.0 Å². The highest BCUT2D eigenvalue weighted by Crippen LogP contribution is 2.40. The molecule has 1 atom stereocenters. The number of aryl methyl sites for hydroxylation is 1. The molecule has 17 heteroatoms. The molecule has 0 heterocycles. The highest BCUT2D eigenvalue weighted by molar-refractivity contribution is 7.88. The van der Waals surface area contributed by atoms with E-state index in [1.165, 1.54) is 37.5 Å². The van der Waals surface area contributed by atoms with E-state index in [1.807, 2.05) is 18.2 Å². The molecule has 0 aromatic heterocycles. The number of rotatable bonds is 22. The van der Waals surface area contributed by atoms with Gasteiger partial charge in [-0.05, 0) is 119 Å². The fourth-order valence-corrected chi connectivity index (χ4v) is 7.97. The molecule has 2 N–H and O–H groups in total. The Balaban J connectivity index is 0.000000338. The van der Waals surface area contributed by atoms with Crippen LogP contribution in [-0.4, -0.2) is 49.3 Å². The number of benzene rings is 5. The zero-order chi connectivity index (χ0) is 48.0. The van der Waals surface area contributed by atoms with Crippen LogP contribution in [0.4, 0.5) is 39.5 Å². The highest BCUT2D eigenvalue weighted by Gasteiger charge is 2.56. The number of carbonyl (C=O) groups is 1. The van der Waals surface area contributed by atoms with Crippen LogP contribution in [0.5, 0.6) is 17.2 Å². The number of hydrogen-bond acceptors (Lipinski definition) is 6. The van der Waals surface area contributed by atoms with Gasteiger partial charge in [-0.3, -0.25) is 4.79 Å². The van der Waals surface area contributed by atoms with E-state index in [1.54, 1.807) is 42.5 Å². The molecule has 0 saturated carbocycles. The fourth-order valence-electron chi connectivity index (χ4n) is 7.49. The third kappa shape index (κ3) is 14.8. The SMILES string of the molecule is C=CCc1c(OS(=O)(=O)C(F)(F)F)ccc2cc(OC)ccc12.O=C(O)C(CCCCCCCCCCc1c(-c2ccc(F)cc2)ccc2cc(O)ccc12)CCCC(F)(F)C(F)(F)F. The first kappa shape index (κ1) is 52.2. The van der Waals surface area contributed by atoms with E-state index >= 15 is 0 Å². The predicted octanol–water partition coefficient (Wildman–Crippen LogP) is 14.3. The first-order chi connectivity index (χ1) is 30.6. The number of alkyl halides is 8. The Morgan fingerprint density at radius 1 is 0.723 bits per heavy atom. The zero-order valence-electron chi connectivity index (χ0n) is 35.6. The van der Waals surface area contributed by atoms with Gasteiger partial charge in [-0.25, -0.2) is 4.39 Å². The topological polar surface area (TPSA) is 110 Å². The van der Waals surface area contributed by atoms with Gasteiger partial charge in [0, 0.05) is 12.0 Å². The summed E-state index contributed by atoms with van der Waals surface area (Å²) in [7, 11) is -4.25. The van der Waals surface area contributed by atoms with Crippen molar-refractivity contribution in [1.82, 2.24) is 0 Å². The number of fused-ring (bicyclic) bond motifs is 2. The van der Waals surface area contributed by atoms with Crippen LogP contribution in [0.1, 0.15) is 88.2 Å². The number of phenols is 1. The van der Waals surface area contributed by atoms with Gasteiger partial charge in [0.1, 0.15) is 23.1 Å². The molecule has 0 aliphatic carbocycles. The van der Waals surface area contributed by atoms with Gasteiger partial charge >= 0.3 is 33.7 Å². The maximum Gasteiger partial charge on any atom is 0.534 e. The maximum atomic E-state index is 13.5. The third-order valence-electron chi connectivity index (χ3n) is 10.9. The molecular weight excluding hydrogens is 892 g/mol. The van der Waals surface area contributed by atoms with E-state index in [4.69, 9.17) is 4.74 Å². The number of carboxylic acid groups (broad SMARTS) is 1. The Morgan fingerprint density at radius 3 is 1.89 bits per heavy atom. The summed E-state index contributed by atoms with van der Waals surface area (Å²) >= 11 is 0. The van der Waals surface area contributed by atoms with Crippen molar-refractivity contribution in [2.45, 2.75) is 107 Å². The molecule has 5 aromatic carbocycles. The Bertz CT molecular complexity index is 2470. The summed E-state index contributed by atoms with van der Waals surface area (Å²) in [4.78, 5) is 11.4. The van der Waals surface area contributed by atoms with Gasteiger partial charge in [-0.15, -0.1) is 6.58 Å². The lowest BCUT2D eigenvalue weighted by molar-refractivity contribution is -0.284. The second kappa shape index (κ2) is 23.1. The highest BCUT2D eigenvalue weighted by atomic mass is 32.2. The summed E-state index contributed by atoms with van der Waals surface area (Å²) in [5, 5.41) is 22.4. The molecule has 5 aromatic rings. The molecule has 0 aliphatic rings. The quantitative estimate of drug-likeness (QED) is 0.0234. The van der Waals surface area contributed by atoms with Crippen LogP contribution >= 0.6 is 0 Å². The molecule has 0 saturated heterocycles. The largest absolute Gasteiger partial charge is 0.534 e. The summed E-state index contributed by atoms with van der Waals surface area (Å²) in [5.41, 5.74) is -2.05. The number of aliphatic carboxylic acids is 1. The monoisotopic (exact) mass is 942 g/mol. The number of methoxy groups -OCH3 is 1. The van der Waals surface area contributed by atoms with Crippen molar-refractivity contribution < 1.29 is 71.9 Å². The van der Waals surface area contributed by atoms with Crippen LogP contribution in [-0.2, 0) is 27.8 Å². The van der Waals surface area contributed by atoms with Crippen molar-refractivity contribution in [3.8, 4) is 28.4 Å². The first-order valence-electron chi connectivity index (χ1n) is 21.0. The standard InChI is InChI=1S/C33H38F6O3.C15H13F3O4S/c34-26-16-13-23(14-17-26)28-19-15-25-22-27(40)18-20-29(25)30(28)12-8-6-4-2-1-3-5-7-10-24(31(41)42)11-9-21-32(35,36)33(37,38)39;1-3-4-13-12-7-6-11(21-2)9-10(12)5-8-14(13)22-23(19,20)15(16,17)18/h13-20,22,24,40H,1-12,21H2,(H,41,42);3,5-9H,1,4H2,2H3. The van der Waals surface area contributed by atoms with Gasteiger partial charge in [0.2, 0.25) is 0 Å². The van der Waals surface area contributed by atoms with Gasteiger partial charge in [0.15, 0.2) is 0 Å². The van der Waals surface area contributed by atoms with Crippen LogP contribution in [0, 0.1) is 11.7 Å². The number of carboxylic acids is 1. The van der Waals surface area contributed by atoms with Crippen molar-refractivity contribution in [3.05, 3.63) is 115 Å². The Hall–Kier alpha value is -5.45. The zero-order valence-corrected chi connectivity index (χ0v) is 36.4. The van der Waals surface area contributed by atoms with Crippen LogP contribution in [0.3, 0.4) is 0 Å². The summed E-state index contributed by atoms with van der Waals surface area (Å²) in [6, 6.07) is 23.3. The van der Waals surface area contributed by atoms with Crippen molar-refractivity contribution in [2.75, 3.05) is 7.11 Å². The van der Waals surface area contributed by atoms with Crippen molar-refractivity contribution in [3.63, 3.8) is 0 Å². The van der Waals surface area contributed by atoms with E-state index in [0.717, 1.165) is 78.8 Å². The predicted molar refractivity (Wildman–Crippen MR) is 232 cm³/mol. The average Bonchev–Trinajstić information content (AvgIpc) is 3.23. The van der Waals surface area contributed by atoms with E-state index in [-0.39, 0.29) is 36.6 Å². The number of aromatic hydroxyl groups is 1. The van der Waals surface area contributed by atoms with E-state index < -0.39 is 52.5 Å². The first-order valence-corrected chi connectivity index (χ1v) is 22.4. The fraction of sp³-hybridized carbons (Fsp3) is 0.396. The molecule has 1 unspecified atom stereocenters. The molecule has 0 bridgehead atoms. The Kier molecular flexibility index (Phi) is 18.6. The molecule has 65 heavy (non-hydrogen) atoms. The minimum Gasteiger partial charge on any atom is -0.508 e. The second-order valence-electron chi connectivity index (χ2n) is 15.6. The van der Waals surface area contributed by atoms with E-state index in [0.29, 0.717) is 28.5 Å². The minimum atomic E-state index is -5.73. The summed E-state index contributed by atoms with van der Waals surface area (Å²) in [6.07, 6.45) is 2.29. The molecule has 0 fully saturated rings. The van der Waals surface area contributed by atoms with Gasteiger partial charge in [-0.2, -0.15) is 43.5 Å². The Labute approximate surface area is 372 Å². The number of phenolic OH excluding ortho intramolecular Hbond substituents is 1. The van der Waals surface area contributed by atoms with Crippen LogP contribution in [0.25, 0.3) is 32.7 Å². The second-order valence-corrected chi connectivity index (χ2v) is 17.1. The van der Waals surface area contributed by atoms with E-state index in [9.17, 15) is 62.9 Å². The molecule has 0 aliphatic heterocycles. The lowest BCUT2D eigenvalue weighted by Crippen LogP contribution is -2.36. The molecule has 0 amide bonds. The minimum absolute atomic E-state index is 0.145. The number of allylic oxidation sites excluding steroid dienone is 1. The summed E-state index contributed by atoms with van der Waals surface area (Å²) < 4.78 is 146. The molecule has 7 nitrogen and oxygen atoms in total. The van der Waals surface area contributed by atoms with Gasteiger partial charge in [0.25, 0.3) is 0 Å². The lowest BCUT2D eigenvalue weighted by atomic mass is 9.90. The van der Waals surface area contributed by atoms with Crippen molar-refractivity contribution in [2.24, 2.45) is 5.92 Å². The van der Waals surface area contributed by atoms with Crippen molar-refractivity contribution >= 4 is 37.6 Å². The normalized spacial score (nSPS) is 12.7. The molecule has 354 valence electrons. The van der Waals surface area contributed by atoms with Crippen LogP contribution in [0.15, 0.2) is 97.6 Å². The smallest absolute Gasteiger partial charge is 0.508 e. The third-order valence-corrected chi connectivity index (χ3v) is 11.9. The van der Waals surface area contributed by atoms with Crippen molar-refractivity contribution in [1.29, 1.82) is 0 Å². The van der Waals surface area contributed by atoms with Gasteiger partial charge in [-0.1, -0.05) is 93.5 Å². The van der Waals surface area contributed by atoms with Crippen LogP contribution in [0.2, 0.25) is 0 Å². The molecular formula is C48H51F9O7S. The van der Waals surface area contributed by atoms with Gasteiger partial charge < -0.3 is 19.1 Å². The molecule has 0 spiro atoms. The lowest BCUT2D eigenvalue weighted by Gasteiger charge is -2.20. The molecule has 5 rings (SSSR count). The number of hydrogen-bond donors (Lipinski definition) is 2. The number of halogens is 9. The van der Waals surface area contributed by atoms with Crippen LogP contribution < -0.4 is 8.92 Å². The maximum absolute atomic E-state index is 13.5. The molecule has 0 radical (unpaired) electrons. The summed E-state index contributed by atoms with van der Waals surface area (Å²) in [6.45, 7) is 3.53. The number of ether oxygens (including phenoxy) is 1. The van der Waals surface area contributed by atoms with E-state index in [2.05, 4.69) is 10.8 Å². The number of unbranched alkanes of at least 4 members (excludes halogenated alkanes) is 7. The summed E-state index contributed by atoms with van der Waals surface area (Å²) in [5.74, 6) is -6.76. The Morgan fingerprint density at radius 2 is 1.29 bits per heavy atom. The average molecular weight is 943 g/mol.